The van der Waals surface area contributed by atoms with Crippen LogP contribution in [0, 0.1) is 5.82 Å². The van der Waals surface area contributed by atoms with Gasteiger partial charge < -0.3 is 18.9 Å². The number of anilines is 1. The summed E-state index contributed by atoms with van der Waals surface area (Å²) in [7, 11) is 0. The van der Waals surface area contributed by atoms with E-state index in [1.165, 1.54) is 11.0 Å². The minimum Gasteiger partial charge on any atom is -0.454 e. The second-order valence-electron chi connectivity index (χ2n) is 6.38. The summed E-state index contributed by atoms with van der Waals surface area (Å²) in [5, 5.41) is 4.01. The number of carbonyl (C=O) groups excluding carboxylic acids is 1. The molecule has 2 aliphatic rings. The highest BCUT2D eigenvalue weighted by Crippen LogP contribution is 2.36. The Morgan fingerprint density at radius 3 is 2.85 bits per heavy atom. The van der Waals surface area contributed by atoms with Gasteiger partial charge in [0.2, 0.25) is 24.4 Å². The van der Waals surface area contributed by atoms with Crippen molar-refractivity contribution in [1.82, 2.24) is 10.1 Å². The van der Waals surface area contributed by atoms with E-state index < -0.39 is 5.82 Å². The Hall–Kier alpha value is -3.42. The van der Waals surface area contributed by atoms with Gasteiger partial charge in [-0.25, -0.2) is 4.39 Å². The summed E-state index contributed by atoms with van der Waals surface area (Å²) < 4.78 is 30.0. The minimum absolute atomic E-state index is 0.173. The zero-order chi connectivity index (χ0) is 18.4. The van der Waals surface area contributed by atoms with E-state index in [2.05, 4.69) is 10.1 Å². The molecule has 1 atom stereocenters. The van der Waals surface area contributed by atoms with Crippen LogP contribution >= 0.6 is 0 Å². The molecule has 27 heavy (non-hydrogen) atoms. The molecule has 7 nitrogen and oxygen atoms in total. The number of ether oxygens (including phenoxy) is 2. The highest BCUT2D eigenvalue weighted by Gasteiger charge is 2.36. The van der Waals surface area contributed by atoms with Gasteiger partial charge in [0.25, 0.3) is 0 Å². The van der Waals surface area contributed by atoms with E-state index in [0.717, 1.165) is 5.56 Å². The largest absolute Gasteiger partial charge is 0.454 e. The molecule has 1 fully saturated rings. The average molecular weight is 367 g/mol. The third kappa shape index (κ3) is 2.69. The fourth-order valence-electron chi connectivity index (χ4n) is 3.33. The fourth-order valence-corrected chi connectivity index (χ4v) is 3.33. The predicted molar refractivity (Wildman–Crippen MR) is 92.0 cm³/mol. The second kappa shape index (κ2) is 6.08. The molecule has 0 N–H and O–H groups in total. The Kier molecular flexibility index (Phi) is 3.56. The van der Waals surface area contributed by atoms with E-state index in [0.29, 0.717) is 29.8 Å². The van der Waals surface area contributed by atoms with Gasteiger partial charge in [-0.15, -0.1) is 0 Å². The number of aromatic nitrogens is 2. The summed E-state index contributed by atoms with van der Waals surface area (Å²) in [6, 6.07) is 11.6. The van der Waals surface area contributed by atoms with Crippen molar-refractivity contribution in [3.05, 3.63) is 54.2 Å². The first-order valence-corrected chi connectivity index (χ1v) is 8.47. The number of para-hydroxylation sites is 1. The number of hydrogen-bond donors (Lipinski definition) is 0. The number of fused-ring (bicyclic) bond motifs is 1. The summed E-state index contributed by atoms with van der Waals surface area (Å²) in [6.45, 7) is 0.481. The first-order valence-electron chi connectivity index (χ1n) is 8.47. The van der Waals surface area contributed by atoms with Crippen LogP contribution in [0.25, 0.3) is 11.4 Å². The minimum atomic E-state index is -0.432. The fraction of sp³-hybridized carbons (Fsp3) is 0.211. The molecule has 5 rings (SSSR count). The van der Waals surface area contributed by atoms with Gasteiger partial charge >= 0.3 is 0 Å². The molecule has 136 valence electrons. The molecule has 3 aromatic rings. The van der Waals surface area contributed by atoms with Crippen molar-refractivity contribution in [2.45, 2.75) is 12.3 Å². The highest BCUT2D eigenvalue weighted by atomic mass is 19.1. The second-order valence-corrected chi connectivity index (χ2v) is 6.38. The average Bonchev–Trinajstić information content (AvgIpc) is 3.40. The molecule has 0 spiro atoms. The van der Waals surface area contributed by atoms with E-state index in [1.54, 1.807) is 30.3 Å². The standard InChI is InChI=1S/C19H14FN3O4/c20-13-3-1-2-4-14(13)23-9-12(8-17(23)24)19-21-18(22-27-19)11-5-6-15-16(7-11)26-10-25-15/h1-7,12H,8-10H2. The van der Waals surface area contributed by atoms with Crippen LogP contribution < -0.4 is 14.4 Å². The lowest BCUT2D eigenvalue weighted by Crippen LogP contribution is -2.25. The van der Waals surface area contributed by atoms with Crippen LogP contribution in [0.4, 0.5) is 10.1 Å². The van der Waals surface area contributed by atoms with Crippen molar-refractivity contribution in [1.29, 1.82) is 0 Å². The van der Waals surface area contributed by atoms with Gasteiger partial charge in [-0.2, -0.15) is 4.98 Å². The third-order valence-corrected chi connectivity index (χ3v) is 4.69. The topological polar surface area (TPSA) is 77.7 Å². The van der Waals surface area contributed by atoms with E-state index in [4.69, 9.17) is 14.0 Å². The Balaban J connectivity index is 1.39. The van der Waals surface area contributed by atoms with E-state index in [9.17, 15) is 9.18 Å². The number of nitrogens with zero attached hydrogens (tertiary/aromatic N) is 3. The Bertz CT molecular complexity index is 1040. The molecule has 1 aromatic heterocycles. The highest BCUT2D eigenvalue weighted by molar-refractivity contribution is 5.96. The predicted octanol–water partition coefficient (Wildman–Crippen LogP) is 3.12. The lowest BCUT2D eigenvalue weighted by molar-refractivity contribution is -0.117. The van der Waals surface area contributed by atoms with Crippen LogP contribution in [0.1, 0.15) is 18.2 Å². The van der Waals surface area contributed by atoms with Crippen molar-refractivity contribution in [2.24, 2.45) is 0 Å². The molecule has 8 heteroatoms. The SMILES string of the molecule is O=C1CC(c2nc(-c3ccc4c(c3)OCO4)no2)CN1c1ccccc1F. The number of carbonyl (C=O) groups is 1. The molecule has 1 saturated heterocycles. The van der Waals surface area contributed by atoms with Crippen LogP contribution in [-0.4, -0.2) is 29.4 Å². The monoisotopic (exact) mass is 367 g/mol. The van der Waals surface area contributed by atoms with E-state index in [1.807, 2.05) is 6.07 Å². The summed E-state index contributed by atoms with van der Waals surface area (Å²) >= 11 is 0. The normalized spacial score (nSPS) is 18.3. The van der Waals surface area contributed by atoms with Gasteiger partial charge in [0.15, 0.2) is 11.5 Å². The van der Waals surface area contributed by atoms with Crippen molar-refractivity contribution in [3.63, 3.8) is 0 Å². The lowest BCUT2D eigenvalue weighted by Gasteiger charge is -2.16. The van der Waals surface area contributed by atoms with Crippen LogP contribution in [0.3, 0.4) is 0 Å². The van der Waals surface area contributed by atoms with Crippen LogP contribution in [-0.2, 0) is 4.79 Å². The first-order chi connectivity index (χ1) is 13.2. The third-order valence-electron chi connectivity index (χ3n) is 4.69. The Morgan fingerprint density at radius 1 is 1.11 bits per heavy atom. The van der Waals surface area contributed by atoms with Crippen molar-refractivity contribution >= 4 is 11.6 Å². The number of amides is 1. The molecule has 1 unspecified atom stereocenters. The molecular weight excluding hydrogens is 353 g/mol. The van der Waals surface area contributed by atoms with Gasteiger partial charge in [-0.1, -0.05) is 17.3 Å². The number of benzene rings is 2. The van der Waals surface area contributed by atoms with Gasteiger partial charge in [0.05, 0.1) is 11.6 Å². The van der Waals surface area contributed by atoms with E-state index >= 15 is 0 Å². The zero-order valence-corrected chi connectivity index (χ0v) is 14.1. The Labute approximate surface area is 153 Å². The summed E-state index contributed by atoms with van der Waals surface area (Å²) in [5.41, 5.74) is 0.991. The van der Waals surface area contributed by atoms with Crippen LogP contribution in [0.5, 0.6) is 11.5 Å². The number of halogens is 1. The maximum Gasteiger partial charge on any atom is 0.232 e. The zero-order valence-electron chi connectivity index (χ0n) is 14.1. The van der Waals surface area contributed by atoms with Gasteiger partial charge in [0, 0.05) is 18.5 Å². The molecular formula is C19H14FN3O4. The first kappa shape index (κ1) is 15.8. The smallest absolute Gasteiger partial charge is 0.232 e. The molecule has 0 aliphatic carbocycles. The number of rotatable bonds is 3. The molecule has 3 heterocycles. The quantitative estimate of drug-likeness (QED) is 0.708. The Morgan fingerprint density at radius 2 is 1.96 bits per heavy atom. The van der Waals surface area contributed by atoms with Crippen LogP contribution in [0.15, 0.2) is 47.0 Å². The summed E-state index contributed by atoms with van der Waals surface area (Å²) in [5.74, 6) is 1.17. The maximum absolute atomic E-state index is 14.0. The van der Waals surface area contributed by atoms with Gasteiger partial charge in [-0.05, 0) is 30.3 Å². The maximum atomic E-state index is 14.0. The van der Waals surface area contributed by atoms with Crippen molar-refractivity contribution < 1.29 is 23.2 Å². The molecule has 2 aromatic carbocycles. The van der Waals surface area contributed by atoms with Crippen LogP contribution in [0.2, 0.25) is 0 Å². The molecule has 0 bridgehead atoms. The summed E-state index contributed by atoms with van der Waals surface area (Å²) in [4.78, 5) is 18.2. The van der Waals surface area contributed by atoms with E-state index in [-0.39, 0.29) is 30.7 Å². The number of hydrogen-bond acceptors (Lipinski definition) is 6. The molecule has 2 aliphatic heterocycles. The van der Waals surface area contributed by atoms with Gasteiger partial charge in [-0.3, -0.25) is 4.79 Å². The molecule has 0 saturated carbocycles. The molecule has 0 radical (unpaired) electrons. The lowest BCUT2D eigenvalue weighted by atomic mass is 10.1. The van der Waals surface area contributed by atoms with Gasteiger partial charge in [0.1, 0.15) is 5.82 Å². The van der Waals surface area contributed by atoms with Crippen molar-refractivity contribution in [2.75, 3.05) is 18.2 Å². The van der Waals surface area contributed by atoms with Crippen molar-refractivity contribution in [3.8, 4) is 22.9 Å². The molecule has 1 amide bonds. The summed E-state index contributed by atoms with van der Waals surface area (Å²) in [6.07, 6.45) is 0.192.